The Kier molecular flexibility index (Phi) is 5.16. The van der Waals surface area contributed by atoms with Gasteiger partial charge in [0, 0.05) is 18.6 Å². The predicted octanol–water partition coefficient (Wildman–Crippen LogP) is 2.77. The van der Waals surface area contributed by atoms with E-state index in [1.807, 2.05) is 0 Å². The van der Waals surface area contributed by atoms with Crippen molar-refractivity contribution in [3.63, 3.8) is 0 Å². The number of ether oxygens (including phenoxy) is 1. The first-order valence-electron chi connectivity index (χ1n) is 8.60. The first-order chi connectivity index (χ1) is 12.5. The van der Waals surface area contributed by atoms with Crippen molar-refractivity contribution in [1.29, 1.82) is 5.26 Å². The Morgan fingerprint density at radius 3 is 2.77 bits per heavy atom. The highest BCUT2D eigenvalue weighted by molar-refractivity contribution is 5.94. The lowest BCUT2D eigenvalue weighted by molar-refractivity contribution is -0.384. The number of nitrogens with zero attached hydrogens (tertiary/aromatic N) is 2. The second-order valence-corrected chi connectivity index (χ2v) is 6.95. The molecule has 2 bridgehead atoms. The number of hydrogen-bond acceptors (Lipinski definition) is 6. The molecule has 0 radical (unpaired) electrons. The number of nitriles is 1. The van der Waals surface area contributed by atoms with Crippen LogP contribution in [0.2, 0.25) is 0 Å². The number of benzene rings is 1. The molecule has 1 aromatic rings. The third-order valence-electron chi connectivity index (χ3n) is 5.29. The van der Waals surface area contributed by atoms with Crippen LogP contribution in [0.1, 0.15) is 37.7 Å². The normalized spacial score (nSPS) is 23.3. The fourth-order valence-corrected chi connectivity index (χ4v) is 4.08. The molecule has 0 saturated heterocycles. The minimum absolute atomic E-state index is 0.0270. The van der Waals surface area contributed by atoms with Gasteiger partial charge in [0.2, 0.25) is 0 Å². The molecule has 0 spiro atoms. The molecule has 0 aliphatic heterocycles. The second kappa shape index (κ2) is 7.52. The largest absolute Gasteiger partial charge is 0.456 e. The van der Waals surface area contributed by atoms with E-state index in [1.165, 1.54) is 31.4 Å². The molecule has 2 aliphatic rings. The number of carbonyl (C=O) groups is 2. The number of anilines is 1. The average molecular weight is 357 g/mol. The van der Waals surface area contributed by atoms with Gasteiger partial charge in [0.15, 0.2) is 6.61 Å². The standard InChI is InChI=1S/C18H19N3O5/c19-9-14-7-15(21(24)25)3-4-16(14)20-17(22)10-26-18(23)8-13-6-11-1-2-12(13)5-11/h3-4,7,11-13H,1-2,5-6,8,10H2,(H,20,22)/t11-,12+,13+/m0/s1. The van der Waals surface area contributed by atoms with Gasteiger partial charge in [-0.3, -0.25) is 19.7 Å². The summed E-state index contributed by atoms with van der Waals surface area (Å²) in [6.45, 7) is -0.443. The van der Waals surface area contributed by atoms with Gasteiger partial charge >= 0.3 is 5.97 Å². The summed E-state index contributed by atoms with van der Waals surface area (Å²) in [5.74, 6) is 0.745. The maximum absolute atomic E-state index is 11.9. The SMILES string of the molecule is N#Cc1cc([N+](=O)[O-])ccc1NC(=O)COC(=O)C[C@H]1C[C@H]2CC[C@@H]1C2. The van der Waals surface area contributed by atoms with Gasteiger partial charge in [0.05, 0.1) is 16.2 Å². The van der Waals surface area contributed by atoms with E-state index in [1.54, 1.807) is 6.07 Å². The molecule has 2 fully saturated rings. The monoisotopic (exact) mass is 357 g/mol. The Labute approximate surface area is 150 Å². The molecule has 0 heterocycles. The summed E-state index contributed by atoms with van der Waals surface area (Å²) in [5.41, 5.74) is -0.120. The van der Waals surface area contributed by atoms with E-state index in [9.17, 15) is 19.7 Å². The zero-order chi connectivity index (χ0) is 18.7. The van der Waals surface area contributed by atoms with Crippen LogP contribution in [-0.4, -0.2) is 23.4 Å². The molecule has 0 aromatic heterocycles. The highest BCUT2D eigenvalue weighted by Crippen LogP contribution is 2.49. The van der Waals surface area contributed by atoms with E-state index < -0.39 is 17.4 Å². The lowest BCUT2D eigenvalue weighted by atomic mass is 9.86. The van der Waals surface area contributed by atoms with E-state index in [0.717, 1.165) is 18.4 Å². The van der Waals surface area contributed by atoms with Crippen LogP contribution in [0.4, 0.5) is 11.4 Å². The summed E-state index contributed by atoms with van der Waals surface area (Å²) in [6.07, 6.45) is 5.06. The van der Waals surface area contributed by atoms with Crippen LogP contribution in [0.25, 0.3) is 0 Å². The third-order valence-corrected chi connectivity index (χ3v) is 5.29. The number of nitrogens with one attached hydrogen (secondary N) is 1. The fourth-order valence-electron chi connectivity index (χ4n) is 4.08. The Hall–Kier alpha value is -2.95. The van der Waals surface area contributed by atoms with Gasteiger partial charge in [-0.05, 0) is 43.1 Å². The second-order valence-electron chi connectivity index (χ2n) is 6.95. The van der Waals surface area contributed by atoms with Crippen molar-refractivity contribution in [3.8, 4) is 6.07 Å². The predicted molar refractivity (Wildman–Crippen MR) is 91.0 cm³/mol. The highest BCUT2D eigenvalue weighted by atomic mass is 16.6. The van der Waals surface area contributed by atoms with Crippen molar-refractivity contribution in [3.05, 3.63) is 33.9 Å². The van der Waals surface area contributed by atoms with Crippen molar-refractivity contribution < 1.29 is 19.2 Å². The molecule has 3 rings (SSSR count). The summed E-state index contributed by atoms with van der Waals surface area (Å²) in [7, 11) is 0. The van der Waals surface area contributed by atoms with E-state index in [4.69, 9.17) is 10.00 Å². The number of hydrogen-bond donors (Lipinski definition) is 1. The van der Waals surface area contributed by atoms with Crippen LogP contribution in [-0.2, 0) is 14.3 Å². The van der Waals surface area contributed by atoms with Gasteiger partial charge < -0.3 is 10.1 Å². The molecule has 3 atom stereocenters. The van der Waals surface area contributed by atoms with Crippen LogP contribution in [0.15, 0.2) is 18.2 Å². The van der Waals surface area contributed by atoms with Gasteiger partial charge in [-0.15, -0.1) is 0 Å². The fraction of sp³-hybridized carbons (Fsp3) is 0.500. The summed E-state index contributed by atoms with van der Waals surface area (Å²) in [5, 5.41) is 22.2. The molecule has 1 amide bonds. The molecular formula is C18H19N3O5. The molecule has 0 unspecified atom stereocenters. The van der Waals surface area contributed by atoms with E-state index in [-0.39, 0.29) is 22.9 Å². The van der Waals surface area contributed by atoms with Crippen molar-refractivity contribution >= 4 is 23.3 Å². The van der Waals surface area contributed by atoms with Crippen LogP contribution < -0.4 is 5.32 Å². The van der Waals surface area contributed by atoms with Crippen molar-refractivity contribution in [2.75, 3.05) is 11.9 Å². The van der Waals surface area contributed by atoms with E-state index >= 15 is 0 Å². The number of fused-ring (bicyclic) bond motifs is 2. The summed E-state index contributed by atoms with van der Waals surface area (Å²) < 4.78 is 5.04. The molecule has 1 aromatic carbocycles. The first kappa shape index (κ1) is 17.9. The van der Waals surface area contributed by atoms with Crippen molar-refractivity contribution in [1.82, 2.24) is 0 Å². The molecule has 2 saturated carbocycles. The van der Waals surface area contributed by atoms with Crippen LogP contribution in [0.3, 0.4) is 0 Å². The van der Waals surface area contributed by atoms with Gasteiger partial charge in [0.1, 0.15) is 6.07 Å². The first-order valence-corrected chi connectivity index (χ1v) is 8.60. The maximum Gasteiger partial charge on any atom is 0.306 e. The van der Waals surface area contributed by atoms with Gasteiger partial charge in [-0.1, -0.05) is 6.42 Å². The number of nitro benzene ring substituents is 1. The zero-order valence-electron chi connectivity index (χ0n) is 14.1. The number of esters is 1. The molecule has 8 heteroatoms. The van der Waals surface area contributed by atoms with Crippen LogP contribution in [0, 0.1) is 39.2 Å². The quantitative estimate of drug-likeness (QED) is 0.474. The van der Waals surface area contributed by atoms with E-state index in [2.05, 4.69) is 5.32 Å². The smallest absolute Gasteiger partial charge is 0.306 e. The lowest BCUT2D eigenvalue weighted by Crippen LogP contribution is -2.23. The van der Waals surface area contributed by atoms with Gasteiger partial charge in [-0.25, -0.2) is 0 Å². The number of nitro groups is 1. The molecular weight excluding hydrogens is 338 g/mol. The molecule has 8 nitrogen and oxygen atoms in total. The molecule has 136 valence electrons. The van der Waals surface area contributed by atoms with Gasteiger partial charge in [0.25, 0.3) is 11.6 Å². The van der Waals surface area contributed by atoms with Crippen LogP contribution in [0.5, 0.6) is 0 Å². The number of rotatable bonds is 6. The highest BCUT2D eigenvalue weighted by Gasteiger charge is 2.40. The molecule has 1 N–H and O–H groups in total. The minimum Gasteiger partial charge on any atom is -0.456 e. The van der Waals surface area contributed by atoms with Crippen molar-refractivity contribution in [2.45, 2.75) is 32.1 Å². The Morgan fingerprint density at radius 1 is 1.35 bits per heavy atom. The minimum atomic E-state index is -0.621. The number of carbonyl (C=O) groups excluding carboxylic acids is 2. The third kappa shape index (κ3) is 3.99. The number of non-ortho nitro benzene ring substituents is 1. The number of amides is 1. The lowest BCUT2D eigenvalue weighted by Gasteiger charge is -2.20. The van der Waals surface area contributed by atoms with E-state index in [0.29, 0.717) is 18.3 Å². The van der Waals surface area contributed by atoms with Crippen molar-refractivity contribution in [2.24, 2.45) is 17.8 Å². The topological polar surface area (TPSA) is 122 Å². The summed E-state index contributed by atoms with van der Waals surface area (Å²) in [4.78, 5) is 34.0. The molecule has 2 aliphatic carbocycles. The molecule has 26 heavy (non-hydrogen) atoms. The van der Waals surface area contributed by atoms with Gasteiger partial charge in [-0.2, -0.15) is 5.26 Å². The maximum atomic E-state index is 11.9. The summed E-state index contributed by atoms with van der Waals surface area (Å²) >= 11 is 0. The zero-order valence-corrected chi connectivity index (χ0v) is 14.1. The Bertz CT molecular complexity index is 786. The Morgan fingerprint density at radius 2 is 2.15 bits per heavy atom. The Balaban J connectivity index is 1.49. The summed E-state index contributed by atoms with van der Waals surface area (Å²) in [6, 6.07) is 5.35. The van der Waals surface area contributed by atoms with Crippen LogP contribution >= 0.6 is 0 Å². The average Bonchev–Trinajstić information content (AvgIpc) is 3.23.